The molecule has 1 fully saturated rings. The summed E-state index contributed by atoms with van der Waals surface area (Å²) in [5.41, 5.74) is 2.86. The van der Waals surface area contributed by atoms with Gasteiger partial charge < -0.3 is 15.1 Å². The highest BCUT2D eigenvalue weighted by Crippen LogP contribution is 2.33. The number of rotatable bonds is 10. The average Bonchev–Trinajstić information content (AvgIpc) is 3.64. The van der Waals surface area contributed by atoms with Crippen molar-refractivity contribution < 1.29 is 28.4 Å². The van der Waals surface area contributed by atoms with Gasteiger partial charge in [-0.3, -0.25) is 39.2 Å². The number of benzene rings is 2. The van der Waals surface area contributed by atoms with Gasteiger partial charge in [0.25, 0.3) is 11.8 Å². The van der Waals surface area contributed by atoms with Crippen LogP contribution in [0, 0.1) is 0 Å². The number of fused-ring (bicyclic) bond motifs is 2. The summed E-state index contributed by atoms with van der Waals surface area (Å²) in [6.45, 7) is 0.130. The van der Waals surface area contributed by atoms with Crippen molar-refractivity contribution in [1.82, 2.24) is 30.5 Å². The van der Waals surface area contributed by atoms with E-state index in [0.29, 0.717) is 29.4 Å². The molecule has 5 heterocycles. The van der Waals surface area contributed by atoms with E-state index in [1.54, 1.807) is 42.9 Å². The molecule has 0 aliphatic carbocycles. The maximum Gasteiger partial charge on any atom is 0.264 e. The monoisotopic (exact) mass is 643 g/mol. The van der Waals surface area contributed by atoms with Crippen LogP contribution in [0.3, 0.4) is 0 Å². The van der Waals surface area contributed by atoms with E-state index >= 15 is 0 Å². The summed E-state index contributed by atoms with van der Waals surface area (Å²) < 4.78 is 6.07. The number of furan rings is 1. The molecule has 2 aliphatic heterocycles. The number of nitrogens with one attached hydrogen (secondary N) is 3. The molecule has 2 unspecified atom stereocenters. The Hall–Kier alpha value is -6.24. The Morgan fingerprint density at radius 2 is 1.88 bits per heavy atom. The number of aryl methyl sites for hydroxylation is 1. The van der Waals surface area contributed by atoms with Crippen molar-refractivity contribution in [3.05, 3.63) is 119 Å². The van der Waals surface area contributed by atoms with Crippen LogP contribution in [0.5, 0.6) is 0 Å². The second-order valence-corrected chi connectivity index (χ2v) is 11.5. The zero-order valence-corrected chi connectivity index (χ0v) is 25.5. The quantitative estimate of drug-likeness (QED) is 0.191. The van der Waals surface area contributed by atoms with Crippen molar-refractivity contribution in [2.24, 2.45) is 0 Å². The number of hydrogen-bond acceptors (Lipinski definition) is 10. The molecule has 240 valence electrons. The molecule has 13 heteroatoms. The Bertz CT molecular complexity index is 2050. The fourth-order valence-corrected chi connectivity index (χ4v) is 5.99. The van der Waals surface area contributed by atoms with Gasteiger partial charge in [-0.05, 0) is 49.2 Å². The number of hydrogen-bond donors (Lipinski definition) is 3. The number of para-hydroxylation sites is 1. The maximum atomic E-state index is 13.4. The molecular weight excluding hydrogens is 614 g/mol. The molecule has 5 amide bonds. The summed E-state index contributed by atoms with van der Waals surface area (Å²) in [4.78, 5) is 77.8. The van der Waals surface area contributed by atoms with Crippen molar-refractivity contribution in [3.8, 4) is 0 Å². The molecule has 0 radical (unpaired) electrons. The number of carbonyl (C=O) groups is 5. The molecule has 48 heavy (non-hydrogen) atoms. The van der Waals surface area contributed by atoms with E-state index in [9.17, 15) is 24.0 Å². The first kappa shape index (κ1) is 30.4. The number of aromatic nitrogens is 3. The first-order chi connectivity index (χ1) is 23.4. The molecule has 7 rings (SSSR count). The molecule has 2 atom stereocenters. The van der Waals surface area contributed by atoms with Crippen LogP contribution >= 0.6 is 0 Å². The third kappa shape index (κ3) is 6.00. The normalized spacial score (nSPS) is 16.5. The van der Waals surface area contributed by atoms with Crippen LogP contribution < -0.4 is 16.0 Å². The molecule has 0 bridgehead atoms. The van der Waals surface area contributed by atoms with Gasteiger partial charge in [0.05, 0.1) is 17.7 Å². The van der Waals surface area contributed by atoms with Gasteiger partial charge in [0.2, 0.25) is 17.7 Å². The fraction of sp³-hybridized carbons (Fsp3) is 0.200. The minimum Gasteiger partial charge on any atom is -0.459 e. The highest BCUT2D eigenvalue weighted by molar-refractivity contribution is 6.25. The lowest BCUT2D eigenvalue weighted by Crippen LogP contribution is -2.54. The van der Waals surface area contributed by atoms with Crippen molar-refractivity contribution in [2.45, 2.75) is 44.3 Å². The predicted octanol–water partition coefficient (Wildman–Crippen LogP) is 3.47. The predicted molar refractivity (Wildman–Crippen MR) is 171 cm³/mol. The standard InChI is InChI=1S/C35H29N7O6/c43-29(40-32(21-6-4-15-36-18-21)27-17-20-5-1-2-9-26(20)48-27)12-10-22-14-16-37-28(39-22)19-38-24-8-3-7-23-31(24)35(47)42(34(23)46)25-11-13-30(44)41-33(25)45/h1-9,14-18,25,32,38H,10-13,19H2,(H,40,43)(H,41,44,45). The van der Waals surface area contributed by atoms with Crippen molar-refractivity contribution >= 4 is 46.2 Å². The van der Waals surface area contributed by atoms with E-state index in [-0.39, 0.29) is 42.8 Å². The molecule has 5 aromatic rings. The SMILES string of the molecule is O=C1CCC(N2C(=O)c3cccc(NCc4nccc(CCC(=O)NC(c5cccnc5)c5cc6ccccc6o5)n4)c3C2=O)C(=O)N1. The van der Waals surface area contributed by atoms with E-state index in [0.717, 1.165) is 21.4 Å². The Morgan fingerprint density at radius 1 is 1.00 bits per heavy atom. The van der Waals surface area contributed by atoms with E-state index < -0.39 is 35.7 Å². The molecule has 0 saturated carbocycles. The molecule has 2 aliphatic rings. The summed E-state index contributed by atoms with van der Waals surface area (Å²) in [5, 5.41) is 9.35. The first-order valence-electron chi connectivity index (χ1n) is 15.4. The number of nitrogens with zero attached hydrogens (tertiary/aromatic N) is 4. The number of pyridine rings is 1. The molecule has 2 aromatic carbocycles. The minimum absolute atomic E-state index is 0.0383. The maximum absolute atomic E-state index is 13.4. The van der Waals surface area contributed by atoms with E-state index in [1.165, 1.54) is 6.07 Å². The van der Waals surface area contributed by atoms with Gasteiger partial charge in [0, 0.05) is 53.8 Å². The zero-order valence-electron chi connectivity index (χ0n) is 25.5. The lowest BCUT2D eigenvalue weighted by Gasteiger charge is -2.27. The molecular formula is C35H29N7O6. The molecule has 0 spiro atoms. The van der Waals surface area contributed by atoms with Gasteiger partial charge in [-0.1, -0.05) is 30.3 Å². The van der Waals surface area contributed by atoms with Crippen LogP contribution in [-0.2, 0) is 27.3 Å². The van der Waals surface area contributed by atoms with Crippen molar-refractivity contribution in [2.75, 3.05) is 5.32 Å². The Morgan fingerprint density at radius 3 is 2.69 bits per heavy atom. The molecule has 1 saturated heterocycles. The summed E-state index contributed by atoms with van der Waals surface area (Å²) in [7, 11) is 0. The van der Waals surface area contributed by atoms with E-state index in [4.69, 9.17) is 4.42 Å². The number of carbonyl (C=O) groups excluding carboxylic acids is 5. The number of piperidine rings is 1. The number of imide groups is 2. The van der Waals surface area contributed by atoms with Crippen LogP contribution in [0.15, 0.2) is 89.7 Å². The van der Waals surface area contributed by atoms with Gasteiger partial charge >= 0.3 is 0 Å². The Kier molecular flexibility index (Phi) is 8.15. The summed E-state index contributed by atoms with van der Waals surface area (Å²) in [6.07, 6.45) is 5.56. The van der Waals surface area contributed by atoms with Gasteiger partial charge in [-0.15, -0.1) is 0 Å². The van der Waals surface area contributed by atoms with Gasteiger partial charge in [-0.2, -0.15) is 0 Å². The third-order valence-corrected chi connectivity index (χ3v) is 8.33. The second-order valence-electron chi connectivity index (χ2n) is 11.5. The van der Waals surface area contributed by atoms with Crippen LogP contribution in [0.2, 0.25) is 0 Å². The summed E-state index contributed by atoms with van der Waals surface area (Å²) in [6, 6.07) is 18.2. The lowest BCUT2D eigenvalue weighted by molar-refractivity contribution is -0.136. The Balaban J connectivity index is 1.01. The molecule has 3 N–H and O–H groups in total. The first-order valence-corrected chi connectivity index (χ1v) is 15.4. The van der Waals surface area contributed by atoms with Gasteiger partial charge in [0.1, 0.15) is 29.3 Å². The van der Waals surface area contributed by atoms with E-state index in [1.807, 2.05) is 36.4 Å². The molecule has 13 nitrogen and oxygen atoms in total. The fourth-order valence-electron chi connectivity index (χ4n) is 5.99. The van der Waals surface area contributed by atoms with Crippen molar-refractivity contribution in [1.29, 1.82) is 0 Å². The largest absolute Gasteiger partial charge is 0.459 e. The second kappa shape index (κ2) is 12.9. The van der Waals surface area contributed by atoms with E-state index in [2.05, 4.69) is 30.9 Å². The zero-order chi connectivity index (χ0) is 33.2. The van der Waals surface area contributed by atoms with Crippen LogP contribution in [0.1, 0.15) is 68.9 Å². The number of anilines is 1. The van der Waals surface area contributed by atoms with Gasteiger partial charge in [0.15, 0.2) is 0 Å². The topological polar surface area (TPSA) is 176 Å². The third-order valence-electron chi connectivity index (χ3n) is 8.33. The number of amides is 5. The van der Waals surface area contributed by atoms with Gasteiger partial charge in [-0.25, -0.2) is 9.97 Å². The average molecular weight is 644 g/mol. The lowest BCUT2D eigenvalue weighted by atomic mass is 10.0. The minimum atomic E-state index is -1.06. The van der Waals surface area contributed by atoms with Crippen molar-refractivity contribution in [3.63, 3.8) is 0 Å². The smallest absolute Gasteiger partial charge is 0.264 e. The molecule has 3 aromatic heterocycles. The van der Waals surface area contributed by atoms with Crippen LogP contribution in [-0.4, -0.2) is 55.4 Å². The highest BCUT2D eigenvalue weighted by atomic mass is 16.3. The summed E-state index contributed by atoms with van der Waals surface area (Å²) in [5.74, 6) is -1.49. The summed E-state index contributed by atoms with van der Waals surface area (Å²) >= 11 is 0. The highest BCUT2D eigenvalue weighted by Gasteiger charge is 2.45. The Labute approximate surface area is 273 Å². The van der Waals surface area contributed by atoms with Crippen LogP contribution in [0.4, 0.5) is 5.69 Å². The van der Waals surface area contributed by atoms with Crippen LogP contribution in [0.25, 0.3) is 11.0 Å².